The number of benzene rings is 3. The fraction of sp³-hybridized carbons (Fsp3) is 0.222. The summed E-state index contributed by atoms with van der Waals surface area (Å²) in [6, 6.07) is 21.4. The largest absolute Gasteiger partial charge is 0.496 e. The molecule has 3 aromatic carbocycles. The molecule has 0 saturated carbocycles. The van der Waals surface area contributed by atoms with Crippen LogP contribution in [0.5, 0.6) is 5.75 Å². The third-order valence-corrected chi connectivity index (χ3v) is 9.21. The van der Waals surface area contributed by atoms with E-state index in [4.69, 9.17) is 18.9 Å². The van der Waals surface area contributed by atoms with Crippen LogP contribution in [0, 0.1) is 0 Å². The average molecular weight is 636 g/mol. The van der Waals surface area contributed by atoms with E-state index in [9.17, 15) is 14.4 Å². The summed E-state index contributed by atoms with van der Waals surface area (Å²) in [5.74, 6) is 0.796. The van der Waals surface area contributed by atoms with Gasteiger partial charge in [0.25, 0.3) is 11.5 Å². The summed E-state index contributed by atoms with van der Waals surface area (Å²) < 4.78 is 18.9. The van der Waals surface area contributed by atoms with Crippen LogP contribution in [-0.2, 0) is 9.53 Å². The number of furan rings is 1. The Labute approximate surface area is 269 Å². The maximum absolute atomic E-state index is 14.4. The Morgan fingerprint density at radius 1 is 1.00 bits per heavy atom. The number of nitrogens with zero attached hydrogens (tertiary/aromatic N) is 3. The minimum atomic E-state index is -0.786. The molecule has 1 aliphatic heterocycles. The molecule has 1 aliphatic rings. The van der Waals surface area contributed by atoms with E-state index < -0.39 is 12.0 Å². The van der Waals surface area contributed by atoms with Crippen LogP contribution in [0.1, 0.15) is 48.5 Å². The molecule has 234 valence electrons. The van der Waals surface area contributed by atoms with Crippen molar-refractivity contribution in [2.24, 2.45) is 4.99 Å². The molecule has 9 nitrogen and oxygen atoms in total. The summed E-state index contributed by atoms with van der Waals surface area (Å²) in [6.45, 7) is 6.70. The summed E-state index contributed by atoms with van der Waals surface area (Å²) in [5, 5.41) is 1.83. The highest BCUT2D eigenvalue weighted by Crippen LogP contribution is 2.40. The van der Waals surface area contributed by atoms with Gasteiger partial charge in [-0.1, -0.05) is 59.9 Å². The van der Waals surface area contributed by atoms with E-state index in [-0.39, 0.29) is 11.5 Å². The van der Waals surface area contributed by atoms with E-state index in [2.05, 4.69) is 0 Å². The predicted octanol–water partition coefficient (Wildman–Crippen LogP) is 5.31. The van der Waals surface area contributed by atoms with E-state index >= 15 is 0 Å². The molecule has 5 aromatic rings. The third-order valence-electron chi connectivity index (χ3n) is 8.22. The normalized spacial score (nSPS) is 14.6. The zero-order valence-corrected chi connectivity index (χ0v) is 27.0. The SMILES string of the molecule is CCN(CC)C(=O)C1=C(C)N=c2s/c(=C\c3ccc(-c4ccccc4C(=O)OC)o3)c(=O)n2[C@H]1c1c(OC)ccc2ccccc12. The van der Waals surface area contributed by atoms with Gasteiger partial charge in [0.2, 0.25) is 0 Å². The van der Waals surface area contributed by atoms with E-state index in [0.717, 1.165) is 16.3 Å². The van der Waals surface area contributed by atoms with Crippen molar-refractivity contribution in [1.82, 2.24) is 9.47 Å². The van der Waals surface area contributed by atoms with Gasteiger partial charge in [-0.2, -0.15) is 0 Å². The molecule has 10 heteroatoms. The van der Waals surface area contributed by atoms with Gasteiger partial charge in [-0.15, -0.1) is 0 Å². The summed E-state index contributed by atoms with van der Waals surface area (Å²) >= 11 is 1.22. The van der Waals surface area contributed by atoms with Crippen LogP contribution in [0.3, 0.4) is 0 Å². The number of hydrogen-bond acceptors (Lipinski definition) is 8. The maximum Gasteiger partial charge on any atom is 0.338 e. The number of fused-ring (bicyclic) bond motifs is 2. The van der Waals surface area contributed by atoms with Crippen LogP contribution in [0.25, 0.3) is 28.2 Å². The molecule has 0 bridgehead atoms. The number of esters is 1. The van der Waals surface area contributed by atoms with Crippen molar-refractivity contribution in [1.29, 1.82) is 0 Å². The van der Waals surface area contributed by atoms with Crippen LogP contribution in [0.4, 0.5) is 0 Å². The lowest BCUT2D eigenvalue weighted by atomic mass is 9.90. The minimum absolute atomic E-state index is 0.180. The molecule has 2 aromatic heterocycles. The van der Waals surface area contributed by atoms with Gasteiger partial charge in [0.15, 0.2) is 4.80 Å². The lowest BCUT2D eigenvalue weighted by Gasteiger charge is -2.30. The van der Waals surface area contributed by atoms with Crippen molar-refractivity contribution in [3.8, 4) is 17.1 Å². The monoisotopic (exact) mass is 635 g/mol. The Bertz CT molecular complexity index is 2200. The van der Waals surface area contributed by atoms with Crippen molar-refractivity contribution in [3.63, 3.8) is 0 Å². The van der Waals surface area contributed by atoms with E-state index in [1.54, 1.807) is 53.0 Å². The Hall–Kier alpha value is -5.22. The number of aromatic nitrogens is 1. The molecule has 1 atom stereocenters. The van der Waals surface area contributed by atoms with Crippen LogP contribution >= 0.6 is 11.3 Å². The quantitative estimate of drug-likeness (QED) is 0.214. The second-order valence-corrected chi connectivity index (χ2v) is 11.7. The highest BCUT2D eigenvalue weighted by atomic mass is 32.1. The fourth-order valence-electron chi connectivity index (χ4n) is 5.98. The Balaban J connectivity index is 1.56. The van der Waals surface area contributed by atoms with Crippen LogP contribution in [-0.4, -0.2) is 48.7 Å². The summed E-state index contributed by atoms with van der Waals surface area (Å²) in [6.07, 6.45) is 1.66. The smallest absolute Gasteiger partial charge is 0.338 e. The van der Waals surface area contributed by atoms with Crippen LogP contribution in [0.15, 0.2) is 98.3 Å². The van der Waals surface area contributed by atoms with E-state index in [1.165, 1.54) is 18.4 Å². The third kappa shape index (κ3) is 5.24. The lowest BCUT2D eigenvalue weighted by molar-refractivity contribution is -0.127. The standard InChI is InChI=1S/C36H33N3O6S/c1-6-38(7-2)34(41)30-21(3)37-36-39(32(30)31-24-13-9-8-12-22(24)16-18-28(31)43-4)33(40)29(46-36)20-23-17-19-27(45-23)25-14-10-11-15-26(25)35(42)44-5/h8-20,32H,6-7H2,1-5H3/b29-20-/t32-/m1/s1. The highest BCUT2D eigenvalue weighted by Gasteiger charge is 2.36. The number of hydrogen-bond donors (Lipinski definition) is 0. The number of carbonyl (C=O) groups is 2. The number of likely N-dealkylation sites (N-methyl/N-ethyl adjacent to an activating group) is 1. The predicted molar refractivity (Wildman–Crippen MR) is 178 cm³/mol. The Kier molecular flexibility index (Phi) is 8.46. The topological polar surface area (TPSA) is 103 Å². The number of rotatable bonds is 8. The lowest BCUT2D eigenvalue weighted by Crippen LogP contribution is -2.43. The number of allylic oxidation sites excluding steroid dienone is 1. The first-order valence-corrected chi connectivity index (χ1v) is 15.8. The molecular formula is C36H33N3O6S. The number of carbonyl (C=O) groups excluding carboxylic acids is 2. The van der Waals surface area contributed by atoms with Gasteiger partial charge in [0.05, 0.1) is 35.6 Å². The van der Waals surface area contributed by atoms with Crippen molar-refractivity contribution in [3.05, 3.63) is 121 Å². The summed E-state index contributed by atoms with van der Waals surface area (Å²) in [7, 11) is 2.92. The molecular weight excluding hydrogens is 602 g/mol. The van der Waals surface area contributed by atoms with Crippen molar-refractivity contribution in [2.45, 2.75) is 26.8 Å². The first kappa shape index (κ1) is 30.8. The summed E-state index contributed by atoms with van der Waals surface area (Å²) in [5.41, 5.74) is 2.33. The number of methoxy groups -OCH3 is 2. The Morgan fingerprint density at radius 3 is 2.48 bits per heavy atom. The van der Waals surface area contributed by atoms with Gasteiger partial charge in [0, 0.05) is 30.3 Å². The zero-order valence-electron chi connectivity index (χ0n) is 26.2. The summed E-state index contributed by atoms with van der Waals surface area (Å²) in [4.78, 5) is 47.9. The molecule has 3 heterocycles. The number of amides is 1. The minimum Gasteiger partial charge on any atom is -0.496 e. The molecule has 0 unspecified atom stereocenters. The van der Waals surface area contributed by atoms with Crippen molar-refractivity contribution in [2.75, 3.05) is 27.3 Å². The molecule has 0 saturated heterocycles. The van der Waals surface area contributed by atoms with E-state index in [0.29, 0.717) is 62.1 Å². The molecule has 1 amide bonds. The average Bonchev–Trinajstić information content (AvgIpc) is 3.67. The van der Waals surface area contributed by atoms with Gasteiger partial charge in [-0.25, -0.2) is 9.79 Å². The second kappa shape index (κ2) is 12.6. The number of ether oxygens (including phenoxy) is 2. The number of thiazole rings is 1. The van der Waals surface area contributed by atoms with Crippen molar-refractivity contribution >= 4 is 40.1 Å². The van der Waals surface area contributed by atoms with Crippen molar-refractivity contribution < 1.29 is 23.5 Å². The fourth-order valence-corrected chi connectivity index (χ4v) is 7.00. The van der Waals surface area contributed by atoms with Crippen LogP contribution in [0.2, 0.25) is 0 Å². The van der Waals surface area contributed by atoms with Gasteiger partial charge >= 0.3 is 5.97 Å². The highest BCUT2D eigenvalue weighted by molar-refractivity contribution is 7.07. The maximum atomic E-state index is 14.4. The second-order valence-electron chi connectivity index (χ2n) is 10.7. The van der Waals surface area contributed by atoms with Gasteiger partial charge < -0.3 is 18.8 Å². The molecule has 6 rings (SSSR count). The zero-order chi connectivity index (χ0) is 32.5. The molecule has 0 aliphatic carbocycles. The molecule has 0 spiro atoms. The first-order valence-electron chi connectivity index (χ1n) is 15.0. The van der Waals surface area contributed by atoms with Gasteiger partial charge in [-0.05, 0) is 55.8 Å². The Morgan fingerprint density at radius 2 is 1.74 bits per heavy atom. The molecule has 0 radical (unpaired) electrons. The molecule has 0 N–H and O–H groups in total. The molecule has 0 fully saturated rings. The van der Waals surface area contributed by atoms with Crippen LogP contribution < -0.4 is 19.6 Å². The van der Waals surface area contributed by atoms with Gasteiger partial charge in [0.1, 0.15) is 23.3 Å². The van der Waals surface area contributed by atoms with E-state index in [1.807, 2.05) is 63.2 Å². The first-order chi connectivity index (χ1) is 22.3. The van der Waals surface area contributed by atoms with Gasteiger partial charge in [-0.3, -0.25) is 14.2 Å². The molecule has 46 heavy (non-hydrogen) atoms.